The molecule has 0 unspecified atom stereocenters. The molecule has 7 rings (SSSR count). The fraction of sp³-hybridized carbons (Fsp3) is 0.0233. The van der Waals surface area contributed by atoms with E-state index in [2.05, 4.69) is 4.98 Å². The lowest BCUT2D eigenvalue weighted by molar-refractivity contribution is -0.686. The number of esters is 1. The predicted molar refractivity (Wildman–Crippen MR) is 196 cm³/mol. The van der Waals surface area contributed by atoms with Gasteiger partial charge in [0.1, 0.15) is 64.6 Å². The zero-order valence-electron chi connectivity index (χ0n) is 33.0. The Morgan fingerprint density at radius 1 is 0.420 bits per heavy atom. The molecule has 0 atom stereocenters. The Balaban J connectivity index is 0.000000273. The first kappa shape index (κ1) is 50.6. The van der Waals surface area contributed by atoms with Gasteiger partial charge in [0.15, 0.2) is 76.0 Å². The maximum atomic E-state index is 15.4. The number of carbonyl (C=O) groups is 2. The molecule has 0 N–H and O–H groups in total. The molecule has 0 spiro atoms. The minimum atomic E-state index is -7.22. The van der Waals surface area contributed by atoms with Gasteiger partial charge >= 0.3 is 11.7 Å². The van der Waals surface area contributed by atoms with Crippen LogP contribution in [-0.4, -0.2) is 22.9 Å². The number of ketones is 1. The Labute approximate surface area is 370 Å². The van der Waals surface area contributed by atoms with Crippen LogP contribution >= 0.6 is 0 Å². The van der Waals surface area contributed by atoms with Crippen LogP contribution in [0, 0.1) is 116 Å². The van der Waals surface area contributed by atoms with Gasteiger partial charge < -0.3 is 4.74 Å². The number of hydrogen-bond acceptors (Lipinski definition) is 4. The number of ether oxygens (including phenoxy) is 1. The van der Waals surface area contributed by atoms with Crippen LogP contribution in [0.3, 0.4) is 0 Å². The van der Waals surface area contributed by atoms with Crippen molar-refractivity contribution in [2.45, 2.75) is 6.54 Å². The molecule has 358 valence electrons. The third kappa shape index (κ3) is 8.47. The summed E-state index contributed by atoms with van der Waals surface area (Å²) in [7, 11) is 0. The number of nitrogens with zero attached hydrogens (tertiary/aromatic N) is 2. The molecule has 6 aromatic carbocycles. The minimum absolute atomic E-state index is 0.0335. The smallest absolute Gasteiger partial charge is 0.410 e. The fourth-order valence-electron chi connectivity index (χ4n) is 7.09. The number of hydrogen-bond donors (Lipinski definition) is 0. The van der Waals surface area contributed by atoms with Gasteiger partial charge in [0.05, 0.1) is 6.20 Å². The van der Waals surface area contributed by atoms with E-state index < -0.39 is 150 Å². The van der Waals surface area contributed by atoms with Gasteiger partial charge in [0.25, 0.3) is 0 Å². The van der Waals surface area contributed by atoms with Gasteiger partial charge in [-0.15, -0.1) is 21.9 Å². The number of para-hydroxylation sites is 1. The summed E-state index contributed by atoms with van der Waals surface area (Å²) >= 11 is 0. The van der Waals surface area contributed by atoms with Crippen LogP contribution < -0.4 is 31.2 Å². The summed E-state index contributed by atoms with van der Waals surface area (Å²) in [4.78, 5) is 28.7. The summed E-state index contributed by atoms with van der Waals surface area (Å²) in [6.45, 7) is 0.0335. The molecule has 0 bridgehead atoms. The summed E-state index contributed by atoms with van der Waals surface area (Å²) in [5, 5.41) is 0. The van der Waals surface area contributed by atoms with Crippen molar-refractivity contribution in [3.05, 3.63) is 207 Å². The molecule has 69 heavy (non-hydrogen) atoms. The van der Waals surface area contributed by atoms with E-state index in [4.69, 9.17) is 4.74 Å². The number of rotatable bonds is 9. The maximum absolute atomic E-state index is 15.4. The molecule has 0 saturated carbocycles. The van der Waals surface area contributed by atoms with Crippen molar-refractivity contribution in [2.75, 3.05) is 0 Å². The van der Waals surface area contributed by atoms with Crippen molar-refractivity contribution < 1.29 is 107 Å². The highest BCUT2D eigenvalue weighted by Gasteiger charge is 2.52. The van der Waals surface area contributed by atoms with Crippen molar-refractivity contribution >= 4 is 39.7 Å². The molecule has 0 aliphatic heterocycles. The van der Waals surface area contributed by atoms with Gasteiger partial charge in [-0.2, -0.15) is 4.57 Å². The highest BCUT2D eigenvalue weighted by molar-refractivity contribution is 7.20. The SMILES string of the molecule is Fc1c(F)c(F)c([B-](c2c(F)c(F)c(F)c(F)c2F)(c2c(F)c(F)c(F)c(F)c2F)c2c(F)c(F)c(F)c(F)c2F)c(F)c1F.O=C(C[n+]1ccncc1C(=O)Oc1ccccc1)c1ccccc1. The molecule has 0 fully saturated rings. The molecule has 0 aliphatic rings. The van der Waals surface area contributed by atoms with Crippen LogP contribution in [0.15, 0.2) is 79.3 Å². The summed E-state index contributed by atoms with van der Waals surface area (Å²) in [5.41, 5.74) is -13.5. The number of carbonyl (C=O) groups excluding carboxylic acids is 2. The van der Waals surface area contributed by atoms with Gasteiger partial charge in [-0.25, -0.2) is 92.6 Å². The lowest BCUT2D eigenvalue weighted by atomic mass is 9.12. The standard InChI is InChI=1S/C24BF20.C19H15N2O3/c26-5-1(6(27)14(35)21(42)13(5)34)25(2-7(28)15(36)22(43)16(37)8(2)29,3-9(30)17(38)23(44)18(39)10(3)31)4-11(32)19(40)24(45)20(41)12(4)33;22-18(15-7-3-1-4-8-15)14-21-12-11-20-13-17(21)19(23)24-16-9-5-2-6-10-16/h;1-13H,14H2/q-1;+1. The van der Waals surface area contributed by atoms with Crippen molar-refractivity contribution in [3.63, 3.8) is 0 Å². The van der Waals surface area contributed by atoms with Gasteiger partial charge in [-0.3, -0.25) is 9.78 Å². The van der Waals surface area contributed by atoms with E-state index in [0.29, 0.717) is 11.3 Å². The van der Waals surface area contributed by atoms with Crippen LogP contribution in [0.5, 0.6) is 5.75 Å². The molecular formula is C43H15BF20N2O3. The van der Waals surface area contributed by atoms with Crippen molar-refractivity contribution in [1.29, 1.82) is 0 Å². The van der Waals surface area contributed by atoms with Crippen LogP contribution in [0.25, 0.3) is 0 Å². The number of halogens is 20. The molecule has 0 amide bonds. The quantitative estimate of drug-likeness (QED) is 0.0214. The van der Waals surface area contributed by atoms with Crippen LogP contribution in [0.4, 0.5) is 87.8 Å². The molecule has 0 saturated heterocycles. The highest BCUT2D eigenvalue weighted by atomic mass is 19.2. The molecular weight excluding hydrogens is 983 g/mol. The second-order valence-electron chi connectivity index (χ2n) is 13.9. The number of aromatic nitrogens is 2. The van der Waals surface area contributed by atoms with E-state index in [9.17, 15) is 62.3 Å². The third-order valence-corrected chi connectivity index (χ3v) is 10.1. The summed E-state index contributed by atoms with van der Waals surface area (Å²) in [6, 6.07) is 17.7. The minimum Gasteiger partial charge on any atom is -0.419 e. The monoisotopic (exact) mass is 998 g/mol. The molecule has 5 nitrogen and oxygen atoms in total. The van der Waals surface area contributed by atoms with E-state index in [-0.39, 0.29) is 18.0 Å². The van der Waals surface area contributed by atoms with Crippen molar-refractivity contribution in [3.8, 4) is 5.75 Å². The Bertz CT molecular complexity index is 2840. The molecule has 0 radical (unpaired) electrons. The Morgan fingerprint density at radius 2 is 0.710 bits per heavy atom. The fourth-order valence-corrected chi connectivity index (χ4v) is 7.09. The van der Waals surface area contributed by atoms with Crippen molar-refractivity contribution in [1.82, 2.24) is 4.98 Å². The van der Waals surface area contributed by atoms with E-state index >= 15 is 35.1 Å². The molecule has 0 aliphatic carbocycles. The number of benzene rings is 6. The summed E-state index contributed by atoms with van der Waals surface area (Å²) in [6.07, 6.45) is -2.71. The largest absolute Gasteiger partial charge is 0.419 e. The Morgan fingerprint density at radius 3 is 1.03 bits per heavy atom. The third-order valence-electron chi connectivity index (χ3n) is 10.1. The average molecular weight is 998 g/mol. The molecule has 1 aromatic heterocycles. The van der Waals surface area contributed by atoms with E-state index in [1.807, 2.05) is 12.1 Å². The second-order valence-corrected chi connectivity index (χ2v) is 13.9. The normalized spacial score (nSPS) is 11.4. The zero-order valence-corrected chi connectivity index (χ0v) is 33.0. The Kier molecular flexibility index (Phi) is 14.3. The van der Waals surface area contributed by atoms with Crippen LogP contribution in [0.2, 0.25) is 0 Å². The summed E-state index contributed by atoms with van der Waals surface area (Å²) < 4.78 is 301. The van der Waals surface area contributed by atoms with Gasteiger partial charge in [-0.05, 0) is 12.1 Å². The zero-order chi connectivity index (χ0) is 51.1. The lowest BCUT2D eigenvalue weighted by Gasteiger charge is -2.44. The topological polar surface area (TPSA) is 60.1 Å². The van der Waals surface area contributed by atoms with Crippen LogP contribution in [0.1, 0.15) is 20.8 Å². The lowest BCUT2D eigenvalue weighted by Crippen LogP contribution is -2.81. The molecule has 26 heteroatoms. The van der Waals surface area contributed by atoms with Crippen LogP contribution in [-0.2, 0) is 6.54 Å². The number of Topliss-reactive ketones (excluding diaryl/α,β-unsaturated/α-hetero) is 1. The van der Waals surface area contributed by atoms with Crippen molar-refractivity contribution in [2.24, 2.45) is 0 Å². The maximum Gasteiger partial charge on any atom is 0.410 e. The van der Waals surface area contributed by atoms with E-state index in [1.54, 1.807) is 54.7 Å². The first-order valence-corrected chi connectivity index (χ1v) is 18.4. The average Bonchev–Trinajstić information content (AvgIpc) is 3.34. The van der Waals surface area contributed by atoms with Gasteiger partial charge in [0.2, 0.25) is 12.3 Å². The second kappa shape index (κ2) is 19.4. The summed E-state index contributed by atoms with van der Waals surface area (Å²) in [5.74, 6) is -71.6. The van der Waals surface area contributed by atoms with Gasteiger partial charge in [-0.1, -0.05) is 48.5 Å². The predicted octanol–water partition coefficient (Wildman–Crippen LogP) is 8.32. The Hall–Kier alpha value is -7.80. The molecule has 1 heterocycles. The first-order chi connectivity index (χ1) is 32.4. The molecule has 7 aromatic rings. The van der Waals surface area contributed by atoms with E-state index in [0.717, 1.165) is 0 Å². The first-order valence-electron chi connectivity index (χ1n) is 18.4. The highest BCUT2D eigenvalue weighted by Crippen LogP contribution is 2.31. The van der Waals surface area contributed by atoms with E-state index in [1.165, 1.54) is 17.0 Å². The van der Waals surface area contributed by atoms with Gasteiger partial charge in [0, 0.05) is 5.56 Å².